The molecule has 1 amide bonds. The first-order chi connectivity index (χ1) is 13.7. The van der Waals surface area contributed by atoms with Crippen molar-refractivity contribution in [2.24, 2.45) is 0 Å². The smallest absolute Gasteiger partial charge is 0.254 e. The number of benzene rings is 2. The van der Waals surface area contributed by atoms with Crippen molar-refractivity contribution < 1.29 is 9.53 Å². The van der Waals surface area contributed by atoms with Gasteiger partial charge in [0.2, 0.25) is 0 Å². The highest BCUT2D eigenvalue weighted by Crippen LogP contribution is 2.23. The molecule has 0 radical (unpaired) electrons. The number of carbonyl (C=O) groups is 1. The Morgan fingerprint density at radius 2 is 1.93 bits per heavy atom. The first-order valence-corrected chi connectivity index (χ1v) is 9.72. The lowest BCUT2D eigenvalue weighted by Crippen LogP contribution is -2.42. The second kappa shape index (κ2) is 8.55. The van der Waals surface area contributed by atoms with E-state index in [-0.39, 0.29) is 12.0 Å². The summed E-state index contributed by atoms with van der Waals surface area (Å²) in [5.74, 6) is 0.0338. The second-order valence-corrected chi connectivity index (χ2v) is 7.31. The molecule has 1 unspecified atom stereocenters. The van der Waals surface area contributed by atoms with Crippen LogP contribution in [0.2, 0.25) is 5.02 Å². The van der Waals surface area contributed by atoms with Gasteiger partial charge in [-0.1, -0.05) is 48.0 Å². The number of morpholine rings is 1. The van der Waals surface area contributed by atoms with Crippen molar-refractivity contribution in [3.05, 3.63) is 100 Å². The molecular weight excluding hydrogens is 372 g/mol. The number of ether oxygens (including phenoxy) is 1. The van der Waals surface area contributed by atoms with E-state index in [0.29, 0.717) is 25.3 Å². The van der Waals surface area contributed by atoms with Crippen LogP contribution in [-0.4, -0.2) is 35.5 Å². The van der Waals surface area contributed by atoms with Gasteiger partial charge in [0.1, 0.15) is 6.10 Å². The zero-order chi connectivity index (χ0) is 19.3. The fourth-order valence-electron chi connectivity index (χ4n) is 3.39. The Kier molecular flexibility index (Phi) is 5.70. The number of halogens is 1. The Hall–Kier alpha value is -2.69. The Labute approximate surface area is 169 Å². The van der Waals surface area contributed by atoms with Gasteiger partial charge in [0.15, 0.2) is 0 Å². The van der Waals surface area contributed by atoms with Gasteiger partial charge in [0.05, 0.1) is 18.8 Å². The van der Waals surface area contributed by atoms with Gasteiger partial charge in [0, 0.05) is 23.3 Å². The van der Waals surface area contributed by atoms with E-state index >= 15 is 0 Å². The van der Waals surface area contributed by atoms with Gasteiger partial charge in [-0.15, -0.1) is 0 Å². The molecule has 1 atom stereocenters. The van der Waals surface area contributed by atoms with E-state index in [1.54, 1.807) is 0 Å². The van der Waals surface area contributed by atoms with Crippen LogP contribution in [0, 0.1) is 0 Å². The topological polar surface area (TPSA) is 42.4 Å². The molecular formula is C23H21ClN2O2. The van der Waals surface area contributed by atoms with E-state index in [1.807, 2.05) is 65.7 Å². The van der Waals surface area contributed by atoms with Crippen molar-refractivity contribution >= 4 is 17.5 Å². The number of carbonyl (C=O) groups excluding carboxylic acids is 1. The van der Waals surface area contributed by atoms with E-state index in [1.165, 1.54) is 0 Å². The largest absolute Gasteiger partial charge is 0.368 e. The van der Waals surface area contributed by atoms with Gasteiger partial charge in [-0.05, 0) is 47.9 Å². The molecule has 4 nitrogen and oxygen atoms in total. The molecule has 0 bridgehead atoms. The fourth-order valence-corrected chi connectivity index (χ4v) is 3.60. The first kappa shape index (κ1) is 18.7. The molecule has 0 spiro atoms. The average Bonchev–Trinajstić information content (AvgIpc) is 2.74. The predicted octanol–water partition coefficient (Wildman–Crippen LogP) is 4.54. The number of nitrogens with zero attached hydrogens (tertiary/aromatic N) is 2. The van der Waals surface area contributed by atoms with Gasteiger partial charge in [-0.2, -0.15) is 0 Å². The molecule has 1 saturated heterocycles. The summed E-state index contributed by atoms with van der Waals surface area (Å²) in [6.07, 6.45) is 2.44. The SMILES string of the molecule is O=C(c1ccccc1)N1CCOC(c2ccc(Cc3cccc(Cl)c3)cn2)C1. The summed E-state index contributed by atoms with van der Waals surface area (Å²) >= 11 is 6.06. The zero-order valence-corrected chi connectivity index (χ0v) is 16.2. The van der Waals surface area contributed by atoms with Crippen LogP contribution in [0.1, 0.15) is 33.3 Å². The predicted molar refractivity (Wildman–Crippen MR) is 110 cm³/mol. The lowest BCUT2D eigenvalue weighted by atomic mass is 10.1. The molecule has 0 aliphatic carbocycles. The molecule has 142 valence electrons. The Morgan fingerprint density at radius 3 is 2.68 bits per heavy atom. The molecule has 1 aliphatic heterocycles. The van der Waals surface area contributed by atoms with Crippen LogP contribution in [0.4, 0.5) is 0 Å². The van der Waals surface area contributed by atoms with E-state index in [9.17, 15) is 4.79 Å². The number of hydrogen-bond acceptors (Lipinski definition) is 3. The van der Waals surface area contributed by atoms with Crippen LogP contribution in [0.3, 0.4) is 0 Å². The van der Waals surface area contributed by atoms with E-state index < -0.39 is 0 Å². The standard InChI is InChI=1S/C23H21ClN2O2/c24-20-8-4-5-17(14-20)13-18-9-10-21(25-15-18)22-16-26(11-12-28-22)23(27)19-6-2-1-3-7-19/h1-10,14-15,22H,11-13,16H2. The van der Waals surface area contributed by atoms with E-state index in [0.717, 1.165) is 28.3 Å². The van der Waals surface area contributed by atoms with Crippen molar-refractivity contribution in [1.29, 1.82) is 0 Å². The van der Waals surface area contributed by atoms with Gasteiger partial charge < -0.3 is 9.64 Å². The number of pyridine rings is 1. The summed E-state index contributed by atoms with van der Waals surface area (Å²) in [6, 6.07) is 21.2. The highest BCUT2D eigenvalue weighted by Gasteiger charge is 2.26. The van der Waals surface area contributed by atoms with Crippen molar-refractivity contribution in [2.75, 3.05) is 19.7 Å². The number of hydrogen-bond donors (Lipinski definition) is 0. The lowest BCUT2D eigenvalue weighted by molar-refractivity contribution is -0.0247. The Morgan fingerprint density at radius 1 is 1.07 bits per heavy atom. The molecule has 5 heteroatoms. The van der Waals surface area contributed by atoms with E-state index in [4.69, 9.17) is 16.3 Å². The maximum Gasteiger partial charge on any atom is 0.254 e. The van der Waals surface area contributed by atoms with Crippen LogP contribution in [-0.2, 0) is 11.2 Å². The second-order valence-electron chi connectivity index (χ2n) is 6.87. The summed E-state index contributed by atoms with van der Waals surface area (Å²) in [4.78, 5) is 19.1. The fraction of sp³-hybridized carbons (Fsp3) is 0.217. The maximum absolute atomic E-state index is 12.7. The quantitative estimate of drug-likeness (QED) is 0.654. The van der Waals surface area contributed by atoms with Crippen LogP contribution in [0.25, 0.3) is 0 Å². The van der Waals surface area contributed by atoms with Crippen molar-refractivity contribution in [2.45, 2.75) is 12.5 Å². The Bertz CT molecular complexity index is 944. The Balaban J connectivity index is 1.43. The minimum absolute atomic E-state index is 0.0338. The molecule has 2 aromatic carbocycles. The summed E-state index contributed by atoms with van der Waals surface area (Å²) in [7, 11) is 0. The third-order valence-electron chi connectivity index (χ3n) is 4.85. The number of aromatic nitrogens is 1. The molecule has 0 saturated carbocycles. The monoisotopic (exact) mass is 392 g/mol. The molecule has 0 N–H and O–H groups in total. The molecule has 1 fully saturated rings. The molecule has 3 aromatic rings. The average molecular weight is 393 g/mol. The van der Waals surface area contributed by atoms with Crippen molar-refractivity contribution in [3.8, 4) is 0 Å². The summed E-state index contributed by atoms with van der Waals surface area (Å²) in [6.45, 7) is 1.61. The molecule has 1 aromatic heterocycles. The van der Waals surface area contributed by atoms with Crippen molar-refractivity contribution in [1.82, 2.24) is 9.88 Å². The van der Waals surface area contributed by atoms with E-state index in [2.05, 4.69) is 17.1 Å². The molecule has 2 heterocycles. The summed E-state index contributed by atoms with van der Waals surface area (Å²) < 4.78 is 5.88. The third kappa shape index (κ3) is 4.41. The van der Waals surface area contributed by atoms with Gasteiger partial charge in [0.25, 0.3) is 5.91 Å². The number of rotatable bonds is 4. The molecule has 28 heavy (non-hydrogen) atoms. The van der Waals surface area contributed by atoms with Gasteiger partial charge in [-0.3, -0.25) is 9.78 Å². The van der Waals surface area contributed by atoms with Gasteiger partial charge >= 0.3 is 0 Å². The maximum atomic E-state index is 12.7. The highest BCUT2D eigenvalue weighted by molar-refractivity contribution is 6.30. The van der Waals surface area contributed by atoms with Crippen LogP contribution in [0.5, 0.6) is 0 Å². The third-order valence-corrected chi connectivity index (χ3v) is 5.08. The minimum Gasteiger partial charge on any atom is -0.368 e. The first-order valence-electron chi connectivity index (χ1n) is 9.34. The van der Waals surface area contributed by atoms with Crippen LogP contribution < -0.4 is 0 Å². The minimum atomic E-state index is -0.207. The lowest BCUT2D eigenvalue weighted by Gasteiger charge is -2.32. The molecule has 1 aliphatic rings. The highest BCUT2D eigenvalue weighted by atomic mass is 35.5. The van der Waals surface area contributed by atoms with Crippen LogP contribution in [0.15, 0.2) is 72.9 Å². The zero-order valence-electron chi connectivity index (χ0n) is 15.4. The normalized spacial score (nSPS) is 16.8. The van der Waals surface area contributed by atoms with Gasteiger partial charge in [-0.25, -0.2) is 0 Å². The summed E-state index contributed by atoms with van der Waals surface area (Å²) in [5.41, 5.74) is 3.81. The van der Waals surface area contributed by atoms with Crippen molar-refractivity contribution in [3.63, 3.8) is 0 Å². The van der Waals surface area contributed by atoms with Crippen LogP contribution >= 0.6 is 11.6 Å². The summed E-state index contributed by atoms with van der Waals surface area (Å²) in [5, 5.41) is 0.737. The number of amides is 1. The molecule has 4 rings (SSSR count).